The van der Waals surface area contributed by atoms with Crippen LogP contribution in [-0.2, 0) is 4.79 Å². The maximum atomic E-state index is 13.0. The Morgan fingerprint density at radius 1 is 1.30 bits per heavy atom. The highest BCUT2D eigenvalue weighted by Gasteiger charge is 2.32. The average molecular weight is 364 g/mol. The summed E-state index contributed by atoms with van der Waals surface area (Å²) in [6, 6.07) is 10.2. The van der Waals surface area contributed by atoms with Crippen LogP contribution in [0, 0.1) is 16.7 Å². The molecule has 3 rings (SSSR count). The lowest BCUT2D eigenvalue weighted by molar-refractivity contribution is -0.127. The minimum absolute atomic E-state index is 0.000489. The third kappa shape index (κ3) is 4.80. The Balaban J connectivity index is 1.79. The van der Waals surface area contributed by atoms with Crippen molar-refractivity contribution < 1.29 is 9.53 Å². The zero-order valence-electron chi connectivity index (χ0n) is 16.4. The number of likely N-dealkylation sites (tertiary alicyclic amines) is 1. The van der Waals surface area contributed by atoms with Crippen molar-refractivity contribution in [1.82, 2.24) is 4.90 Å². The average Bonchev–Trinajstić information content (AvgIpc) is 3.30. The SMILES string of the molecule is CC(C)(C)/C=C(\C#N)C(=O)N1CCCC1c1cccc(OC2CC=CC2)c1. The Morgan fingerprint density at radius 3 is 2.70 bits per heavy atom. The van der Waals surface area contributed by atoms with Crippen LogP contribution in [0.2, 0.25) is 0 Å². The lowest BCUT2D eigenvalue weighted by Gasteiger charge is -2.26. The van der Waals surface area contributed by atoms with Crippen molar-refractivity contribution in [1.29, 1.82) is 5.26 Å². The molecule has 4 heteroatoms. The van der Waals surface area contributed by atoms with E-state index in [1.165, 1.54) is 0 Å². The highest BCUT2D eigenvalue weighted by molar-refractivity contribution is 5.97. The minimum atomic E-state index is -0.209. The number of nitrogens with zero attached hydrogens (tertiary/aromatic N) is 2. The molecule has 1 aliphatic carbocycles. The summed E-state index contributed by atoms with van der Waals surface area (Å²) in [5.41, 5.74) is 1.11. The Bertz CT molecular complexity index is 787. The molecule has 0 saturated carbocycles. The molecule has 0 bridgehead atoms. The van der Waals surface area contributed by atoms with Crippen LogP contribution in [0.15, 0.2) is 48.1 Å². The Hall–Kier alpha value is -2.54. The quantitative estimate of drug-likeness (QED) is 0.432. The highest BCUT2D eigenvalue weighted by atomic mass is 16.5. The summed E-state index contributed by atoms with van der Waals surface area (Å²) in [7, 11) is 0. The zero-order valence-corrected chi connectivity index (χ0v) is 16.4. The molecule has 1 heterocycles. The molecule has 1 atom stereocenters. The van der Waals surface area contributed by atoms with Gasteiger partial charge in [0.15, 0.2) is 0 Å². The number of allylic oxidation sites excluding steroid dienone is 1. The van der Waals surface area contributed by atoms with Gasteiger partial charge in [-0.25, -0.2) is 0 Å². The van der Waals surface area contributed by atoms with E-state index < -0.39 is 0 Å². The van der Waals surface area contributed by atoms with Gasteiger partial charge in [0.1, 0.15) is 23.5 Å². The molecule has 4 nitrogen and oxygen atoms in total. The van der Waals surface area contributed by atoms with Crippen molar-refractivity contribution >= 4 is 5.91 Å². The van der Waals surface area contributed by atoms with Gasteiger partial charge in [-0.3, -0.25) is 4.79 Å². The van der Waals surface area contributed by atoms with Gasteiger partial charge in [0, 0.05) is 19.4 Å². The third-order valence-corrected chi connectivity index (χ3v) is 4.95. The topological polar surface area (TPSA) is 53.3 Å². The maximum Gasteiger partial charge on any atom is 0.264 e. The van der Waals surface area contributed by atoms with Gasteiger partial charge in [-0.2, -0.15) is 5.26 Å². The van der Waals surface area contributed by atoms with Crippen molar-refractivity contribution in [2.24, 2.45) is 5.41 Å². The summed E-state index contributed by atoms with van der Waals surface area (Å²) in [5.74, 6) is 0.687. The molecular weight excluding hydrogens is 336 g/mol. The molecule has 1 unspecified atom stereocenters. The fraction of sp³-hybridized carbons (Fsp3) is 0.478. The van der Waals surface area contributed by atoms with E-state index in [0.717, 1.165) is 37.0 Å². The van der Waals surface area contributed by atoms with Crippen LogP contribution in [0.3, 0.4) is 0 Å². The number of hydrogen-bond acceptors (Lipinski definition) is 3. The van der Waals surface area contributed by atoms with E-state index in [1.807, 2.05) is 43.9 Å². The fourth-order valence-corrected chi connectivity index (χ4v) is 3.76. The smallest absolute Gasteiger partial charge is 0.264 e. The second-order valence-electron chi connectivity index (χ2n) is 8.45. The minimum Gasteiger partial charge on any atom is -0.490 e. The number of carbonyl (C=O) groups is 1. The standard InChI is InChI=1S/C23H28N2O2/c1-23(2,3)15-18(16-24)22(26)25-13-7-12-21(25)17-8-6-11-20(14-17)27-19-9-4-5-10-19/h4-6,8,11,14-15,19,21H,7,9-10,12-13H2,1-3H3/b18-15+. The van der Waals surface area contributed by atoms with E-state index in [0.29, 0.717) is 6.54 Å². The maximum absolute atomic E-state index is 13.0. The van der Waals surface area contributed by atoms with Gasteiger partial charge in [0.05, 0.1) is 6.04 Å². The van der Waals surface area contributed by atoms with Gasteiger partial charge < -0.3 is 9.64 Å². The molecule has 1 aromatic rings. The second-order valence-corrected chi connectivity index (χ2v) is 8.45. The van der Waals surface area contributed by atoms with Crippen molar-refractivity contribution in [2.75, 3.05) is 6.54 Å². The molecule has 1 aromatic carbocycles. The molecule has 2 aliphatic rings. The summed E-state index contributed by atoms with van der Waals surface area (Å²) in [4.78, 5) is 14.8. The van der Waals surface area contributed by atoms with Crippen LogP contribution in [0.25, 0.3) is 0 Å². The Kier molecular flexibility index (Phi) is 5.70. The first-order valence-corrected chi connectivity index (χ1v) is 9.73. The van der Waals surface area contributed by atoms with Crippen molar-refractivity contribution in [3.63, 3.8) is 0 Å². The van der Waals surface area contributed by atoms with Crippen LogP contribution in [-0.4, -0.2) is 23.5 Å². The predicted molar refractivity (Wildman–Crippen MR) is 106 cm³/mol. The van der Waals surface area contributed by atoms with Gasteiger partial charge in [0.2, 0.25) is 0 Å². The number of amides is 1. The molecule has 0 radical (unpaired) electrons. The van der Waals surface area contributed by atoms with Crippen LogP contribution >= 0.6 is 0 Å². The van der Waals surface area contributed by atoms with Crippen molar-refractivity contribution in [3.05, 3.63) is 53.6 Å². The summed E-state index contributed by atoms with van der Waals surface area (Å²) < 4.78 is 6.08. The highest BCUT2D eigenvalue weighted by Crippen LogP contribution is 2.35. The molecule has 1 saturated heterocycles. The van der Waals surface area contributed by atoms with Gasteiger partial charge in [-0.1, -0.05) is 51.1 Å². The van der Waals surface area contributed by atoms with Crippen LogP contribution in [0.1, 0.15) is 58.1 Å². The lowest BCUT2D eigenvalue weighted by atomic mass is 9.93. The molecule has 27 heavy (non-hydrogen) atoms. The van der Waals surface area contributed by atoms with Crippen molar-refractivity contribution in [3.8, 4) is 11.8 Å². The third-order valence-electron chi connectivity index (χ3n) is 4.95. The first-order chi connectivity index (χ1) is 12.9. The van der Waals surface area contributed by atoms with Gasteiger partial charge in [-0.15, -0.1) is 0 Å². The number of nitriles is 1. The van der Waals surface area contributed by atoms with E-state index in [2.05, 4.69) is 24.3 Å². The van der Waals surface area contributed by atoms with Crippen LogP contribution < -0.4 is 4.74 Å². The summed E-state index contributed by atoms with van der Waals surface area (Å²) >= 11 is 0. The number of benzene rings is 1. The molecule has 0 spiro atoms. The van der Waals surface area contributed by atoms with E-state index in [1.54, 1.807) is 6.08 Å². The van der Waals surface area contributed by atoms with E-state index >= 15 is 0 Å². The number of ether oxygens (including phenoxy) is 1. The summed E-state index contributed by atoms with van der Waals surface area (Å²) in [5, 5.41) is 9.49. The molecule has 1 aliphatic heterocycles. The summed E-state index contributed by atoms with van der Waals surface area (Å²) in [6.45, 7) is 6.68. The van der Waals surface area contributed by atoms with Crippen molar-refractivity contribution in [2.45, 2.75) is 58.6 Å². The van der Waals surface area contributed by atoms with E-state index in [-0.39, 0.29) is 29.0 Å². The molecule has 1 fully saturated rings. The number of carbonyl (C=O) groups excluding carboxylic acids is 1. The first-order valence-electron chi connectivity index (χ1n) is 9.73. The molecule has 0 aromatic heterocycles. The zero-order chi connectivity index (χ0) is 19.4. The molecule has 142 valence electrons. The lowest BCUT2D eigenvalue weighted by Crippen LogP contribution is -2.32. The van der Waals surface area contributed by atoms with Crippen LogP contribution in [0.5, 0.6) is 5.75 Å². The second kappa shape index (κ2) is 8.00. The van der Waals surface area contributed by atoms with E-state index in [9.17, 15) is 10.1 Å². The van der Waals surface area contributed by atoms with E-state index in [4.69, 9.17) is 4.74 Å². The predicted octanol–water partition coefficient (Wildman–Crippen LogP) is 4.94. The Morgan fingerprint density at radius 2 is 2.04 bits per heavy atom. The van der Waals surface area contributed by atoms with Gasteiger partial charge >= 0.3 is 0 Å². The van der Waals surface area contributed by atoms with Crippen LogP contribution in [0.4, 0.5) is 0 Å². The number of rotatable bonds is 4. The molecule has 0 N–H and O–H groups in total. The molecular formula is C23H28N2O2. The monoisotopic (exact) mass is 364 g/mol. The van der Waals surface area contributed by atoms with Gasteiger partial charge in [0.25, 0.3) is 5.91 Å². The molecule has 1 amide bonds. The summed E-state index contributed by atoms with van der Waals surface area (Å²) in [6.07, 6.45) is 10.0. The normalized spacial score (nSPS) is 20.7. The van der Waals surface area contributed by atoms with Gasteiger partial charge in [-0.05, 0) is 36.0 Å². The first kappa shape index (κ1) is 19.2. The number of hydrogen-bond donors (Lipinski definition) is 0. The fourth-order valence-electron chi connectivity index (χ4n) is 3.76. The Labute approximate surface area is 162 Å². The largest absolute Gasteiger partial charge is 0.490 e.